The fourth-order valence-electron chi connectivity index (χ4n) is 2.60. The molecule has 0 unspecified atom stereocenters. The van der Waals surface area contributed by atoms with Gasteiger partial charge in [0.15, 0.2) is 0 Å². The Balaban J connectivity index is 4.98. The molecule has 0 fully saturated rings. The van der Waals surface area contributed by atoms with E-state index in [0.29, 0.717) is 26.4 Å². The zero-order valence-electron chi connectivity index (χ0n) is 20.0. The fraction of sp³-hybridized carbons (Fsp3) is 1.00. The second-order valence-corrected chi connectivity index (χ2v) is 14.6. The van der Waals surface area contributed by atoms with Crippen molar-refractivity contribution in [2.24, 2.45) is 0 Å². The molecule has 11 nitrogen and oxygen atoms in total. The maximum Gasteiger partial charge on any atom is 0.338 e. The summed E-state index contributed by atoms with van der Waals surface area (Å²) in [4.78, 5) is 0. The summed E-state index contributed by atoms with van der Waals surface area (Å²) in [6, 6.07) is 0. The Morgan fingerprint density at radius 2 is 0.875 bits per heavy atom. The van der Waals surface area contributed by atoms with Gasteiger partial charge in [-0.25, -0.2) is 0 Å². The van der Waals surface area contributed by atoms with Crippen LogP contribution in [-0.4, -0.2) is 91.3 Å². The monoisotopic (exact) mass is 526 g/mol. The predicted octanol–water partition coefficient (Wildman–Crippen LogP) is 4.45. The molecule has 0 aliphatic rings. The van der Waals surface area contributed by atoms with Crippen molar-refractivity contribution in [3.05, 3.63) is 0 Å². The summed E-state index contributed by atoms with van der Waals surface area (Å²) in [5, 5.41) is 0. The quantitative estimate of drug-likeness (QED) is 0.138. The van der Waals surface area contributed by atoms with E-state index in [1.165, 1.54) is 0 Å². The van der Waals surface area contributed by atoms with Gasteiger partial charge >= 0.3 is 15.2 Å². The molecule has 0 N–H and O–H groups in total. The summed E-state index contributed by atoms with van der Waals surface area (Å²) >= 11 is 0. The standard InChI is InChI=1S/C18H41O11P3/c1-6-26-31(20,27-7-2)17-30(19,18-32(21,28-8-3)29-9-4)16-25-15-14-24-13-12-23-11-10-22-5/h6-18H2,1-5H3. The molecule has 0 aromatic carbocycles. The maximum atomic E-state index is 13.7. The SMILES string of the molecule is CCOP(=O)(CP(=O)(COCCOCCOCCOC)CP(=O)(OCC)OCC)OCC. The lowest BCUT2D eigenvalue weighted by atomic mass is 10.7. The van der Waals surface area contributed by atoms with Gasteiger partial charge in [-0.05, 0) is 27.7 Å². The topological polar surface area (TPSA) is 125 Å². The number of rotatable bonds is 23. The summed E-state index contributed by atoms with van der Waals surface area (Å²) in [5.74, 6) is -0.833. The van der Waals surface area contributed by atoms with Crippen LogP contribution in [0.15, 0.2) is 0 Å². The van der Waals surface area contributed by atoms with E-state index in [4.69, 9.17) is 37.0 Å². The van der Waals surface area contributed by atoms with Gasteiger partial charge in [0.05, 0.1) is 66.1 Å². The highest BCUT2D eigenvalue weighted by atomic mass is 31.3. The summed E-state index contributed by atoms with van der Waals surface area (Å²) in [6.45, 7) is 9.29. The number of methoxy groups -OCH3 is 1. The molecular formula is C18H41O11P3. The third kappa shape index (κ3) is 15.3. The molecule has 0 radical (unpaired) electrons. The van der Waals surface area contributed by atoms with Crippen LogP contribution >= 0.6 is 22.3 Å². The van der Waals surface area contributed by atoms with E-state index in [0.717, 1.165) is 0 Å². The van der Waals surface area contributed by atoms with Crippen LogP contribution in [0.1, 0.15) is 27.7 Å². The van der Waals surface area contributed by atoms with E-state index in [1.807, 2.05) is 0 Å². The number of ether oxygens (including phenoxy) is 4. The average molecular weight is 526 g/mol. The smallest absolute Gasteiger partial charge is 0.338 e. The van der Waals surface area contributed by atoms with Crippen molar-refractivity contribution in [2.75, 3.05) is 91.3 Å². The lowest BCUT2D eigenvalue weighted by molar-refractivity contribution is 0.00862. The van der Waals surface area contributed by atoms with Crippen LogP contribution < -0.4 is 0 Å². The largest absolute Gasteiger partial charge is 0.382 e. The van der Waals surface area contributed by atoms with Gasteiger partial charge in [0.2, 0.25) is 0 Å². The lowest BCUT2D eigenvalue weighted by Gasteiger charge is -2.26. The molecule has 0 aromatic rings. The maximum absolute atomic E-state index is 13.7. The van der Waals surface area contributed by atoms with Gasteiger partial charge in [0.25, 0.3) is 0 Å². The van der Waals surface area contributed by atoms with Crippen LogP contribution in [0.5, 0.6) is 0 Å². The molecule has 194 valence electrons. The molecule has 0 saturated carbocycles. The molecule has 0 bridgehead atoms. The Kier molecular flexibility index (Phi) is 18.9. The van der Waals surface area contributed by atoms with Gasteiger partial charge in [0.1, 0.15) is 25.3 Å². The predicted molar refractivity (Wildman–Crippen MR) is 123 cm³/mol. The normalized spacial score (nSPS) is 13.0. The molecule has 0 spiro atoms. The molecular weight excluding hydrogens is 485 g/mol. The molecule has 32 heavy (non-hydrogen) atoms. The van der Waals surface area contributed by atoms with Gasteiger partial charge in [-0.15, -0.1) is 0 Å². The van der Waals surface area contributed by atoms with Gasteiger partial charge in [-0.3, -0.25) is 9.13 Å². The third-order valence-electron chi connectivity index (χ3n) is 3.67. The van der Waals surface area contributed by atoms with E-state index in [1.54, 1.807) is 34.8 Å². The Bertz CT molecular complexity index is 547. The first-order valence-electron chi connectivity index (χ1n) is 10.8. The lowest BCUT2D eigenvalue weighted by Crippen LogP contribution is -2.14. The summed E-state index contributed by atoms with van der Waals surface area (Å²) in [7, 11) is -9.26. The highest BCUT2D eigenvalue weighted by molar-refractivity contribution is 7.83. The van der Waals surface area contributed by atoms with Gasteiger partial charge in [0, 0.05) is 7.11 Å². The van der Waals surface area contributed by atoms with Gasteiger partial charge in [-0.1, -0.05) is 0 Å². The summed E-state index contributed by atoms with van der Waals surface area (Å²) < 4.78 is 82.0. The second-order valence-electron chi connectivity index (χ2n) is 6.49. The molecule has 14 heteroatoms. The molecule has 0 atom stereocenters. The number of hydrogen-bond donors (Lipinski definition) is 0. The van der Waals surface area contributed by atoms with Crippen molar-refractivity contribution in [1.82, 2.24) is 0 Å². The first kappa shape index (κ1) is 32.4. The van der Waals surface area contributed by atoms with Crippen LogP contribution in [0.25, 0.3) is 0 Å². The van der Waals surface area contributed by atoms with Crippen molar-refractivity contribution in [1.29, 1.82) is 0 Å². The van der Waals surface area contributed by atoms with E-state index in [2.05, 4.69) is 0 Å². The minimum atomic E-state index is -3.68. The van der Waals surface area contributed by atoms with Crippen LogP contribution in [0.4, 0.5) is 0 Å². The van der Waals surface area contributed by atoms with Crippen LogP contribution in [-0.2, 0) is 50.7 Å². The molecule has 0 aliphatic heterocycles. The second kappa shape index (κ2) is 18.7. The minimum absolute atomic E-state index is 0.118. The van der Waals surface area contributed by atoms with Crippen molar-refractivity contribution >= 4 is 22.3 Å². The van der Waals surface area contributed by atoms with Crippen molar-refractivity contribution in [2.45, 2.75) is 27.7 Å². The van der Waals surface area contributed by atoms with E-state index < -0.39 is 34.1 Å². The Hall–Kier alpha value is 0.370. The molecule has 0 aromatic heterocycles. The summed E-state index contributed by atoms with van der Waals surface area (Å²) in [6.07, 6.45) is -0.283. The Labute approximate surface area is 192 Å². The van der Waals surface area contributed by atoms with Gasteiger partial charge < -0.3 is 41.6 Å². The fourth-order valence-corrected chi connectivity index (χ4v) is 13.0. The van der Waals surface area contributed by atoms with E-state index in [9.17, 15) is 13.7 Å². The van der Waals surface area contributed by atoms with Crippen molar-refractivity contribution in [3.8, 4) is 0 Å². The Morgan fingerprint density at radius 3 is 1.22 bits per heavy atom. The molecule has 0 saturated heterocycles. The molecule has 0 heterocycles. The van der Waals surface area contributed by atoms with Crippen LogP contribution in [0.3, 0.4) is 0 Å². The highest BCUT2D eigenvalue weighted by Crippen LogP contribution is 2.69. The minimum Gasteiger partial charge on any atom is -0.382 e. The summed E-state index contributed by atoms with van der Waals surface area (Å²) in [5.41, 5.74) is 0. The van der Waals surface area contributed by atoms with Crippen LogP contribution in [0.2, 0.25) is 0 Å². The third-order valence-corrected chi connectivity index (χ3v) is 13.8. The molecule has 0 aliphatic carbocycles. The first-order valence-corrected chi connectivity index (χ1v) is 16.5. The van der Waals surface area contributed by atoms with Crippen molar-refractivity contribution in [3.63, 3.8) is 0 Å². The zero-order chi connectivity index (χ0) is 24.3. The van der Waals surface area contributed by atoms with Gasteiger partial charge in [-0.2, -0.15) is 0 Å². The van der Waals surface area contributed by atoms with Crippen LogP contribution in [0, 0.1) is 0 Å². The Morgan fingerprint density at radius 1 is 0.531 bits per heavy atom. The number of hydrogen-bond acceptors (Lipinski definition) is 11. The van der Waals surface area contributed by atoms with E-state index >= 15 is 0 Å². The highest BCUT2D eigenvalue weighted by Gasteiger charge is 2.42. The first-order chi connectivity index (χ1) is 15.2. The van der Waals surface area contributed by atoms with E-state index in [-0.39, 0.29) is 46.0 Å². The van der Waals surface area contributed by atoms with Crippen molar-refractivity contribution < 1.29 is 50.7 Å². The zero-order valence-corrected chi connectivity index (χ0v) is 22.7. The average Bonchev–Trinajstić information content (AvgIpc) is 2.69. The molecule has 0 rings (SSSR count). The molecule has 0 amide bonds.